The molecule has 0 radical (unpaired) electrons. The Morgan fingerprint density at radius 2 is 1.94 bits per heavy atom. The third-order valence-electron chi connectivity index (χ3n) is 2.23. The van der Waals surface area contributed by atoms with Gasteiger partial charge >= 0.3 is 0 Å². The molecular weight excluding hydrogens is 287 g/mol. The van der Waals surface area contributed by atoms with Crippen LogP contribution in [-0.4, -0.2) is 9.97 Å². The number of halogens is 2. The summed E-state index contributed by atoms with van der Waals surface area (Å²) in [5, 5.41) is 0. The van der Waals surface area contributed by atoms with E-state index in [4.69, 9.17) is 4.74 Å². The third kappa shape index (κ3) is 3.00. The van der Waals surface area contributed by atoms with Crippen LogP contribution < -0.4 is 4.74 Å². The Labute approximate surface area is 107 Å². The van der Waals surface area contributed by atoms with Crippen LogP contribution in [0.5, 0.6) is 11.6 Å². The van der Waals surface area contributed by atoms with Crippen LogP contribution in [0.25, 0.3) is 0 Å². The number of aryl methyl sites for hydroxylation is 2. The van der Waals surface area contributed by atoms with E-state index in [9.17, 15) is 4.39 Å². The monoisotopic (exact) mass is 296 g/mol. The van der Waals surface area contributed by atoms with Crippen molar-refractivity contribution in [3.05, 3.63) is 46.1 Å². The third-order valence-corrected chi connectivity index (χ3v) is 2.69. The predicted molar refractivity (Wildman–Crippen MR) is 65.7 cm³/mol. The molecule has 0 aliphatic heterocycles. The molecule has 0 N–H and O–H groups in total. The molecule has 1 heterocycles. The normalized spacial score (nSPS) is 10.4. The summed E-state index contributed by atoms with van der Waals surface area (Å²) < 4.78 is 19.2. The lowest BCUT2D eigenvalue weighted by Gasteiger charge is -2.06. The zero-order chi connectivity index (χ0) is 12.4. The fourth-order valence-corrected chi connectivity index (χ4v) is 1.72. The van der Waals surface area contributed by atoms with Crippen molar-refractivity contribution in [2.24, 2.45) is 0 Å². The number of nitrogens with zero attached hydrogens (tertiary/aromatic N) is 2. The van der Waals surface area contributed by atoms with Crippen molar-refractivity contribution in [2.75, 3.05) is 0 Å². The summed E-state index contributed by atoms with van der Waals surface area (Å²) in [6.07, 6.45) is 1.52. The maximum atomic E-state index is 13.1. The van der Waals surface area contributed by atoms with E-state index in [2.05, 4.69) is 25.9 Å². The lowest BCUT2D eigenvalue weighted by Crippen LogP contribution is -1.95. The molecular formula is C12H10BrFN2O. The molecule has 0 amide bonds. The van der Waals surface area contributed by atoms with Crippen LogP contribution in [0.1, 0.15) is 11.4 Å². The molecule has 1 aromatic carbocycles. The van der Waals surface area contributed by atoms with E-state index in [1.165, 1.54) is 18.3 Å². The number of hydrogen-bond acceptors (Lipinski definition) is 3. The topological polar surface area (TPSA) is 35.0 Å². The minimum absolute atomic E-state index is 0.352. The SMILES string of the molecule is Cc1ncc(Oc2cc(F)cc(Br)c2)nc1C. The zero-order valence-electron chi connectivity index (χ0n) is 9.37. The van der Waals surface area contributed by atoms with Crippen molar-refractivity contribution >= 4 is 15.9 Å². The molecule has 0 bridgehead atoms. The van der Waals surface area contributed by atoms with Gasteiger partial charge in [-0.1, -0.05) is 15.9 Å². The zero-order valence-corrected chi connectivity index (χ0v) is 11.0. The first-order chi connectivity index (χ1) is 8.04. The smallest absolute Gasteiger partial charge is 0.238 e. The van der Waals surface area contributed by atoms with Gasteiger partial charge in [-0.2, -0.15) is 0 Å². The molecule has 0 spiro atoms. The van der Waals surface area contributed by atoms with E-state index in [1.54, 1.807) is 6.07 Å². The van der Waals surface area contributed by atoms with E-state index in [0.29, 0.717) is 16.1 Å². The minimum atomic E-state index is -0.369. The van der Waals surface area contributed by atoms with Crippen LogP contribution in [-0.2, 0) is 0 Å². The molecule has 0 saturated heterocycles. The minimum Gasteiger partial charge on any atom is -0.437 e. The molecule has 5 heteroatoms. The van der Waals surface area contributed by atoms with Crippen LogP contribution in [0.3, 0.4) is 0 Å². The number of ether oxygens (including phenoxy) is 1. The van der Waals surface area contributed by atoms with Crippen LogP contribution in [0, 0.1) is 19.7 Å². The Balaban J connectivity index is 2.28. The molecule has 1 aromatic heterocycles. The van der Waals surface area contributed by atoms with Crippen molar-refractivity contribution in [3.63, 3.8) is 0 Å². The van der Waals surface area contributed by atoms with Crippen LogP contribution in [0.4, 0.5) is 4.39 Å². The van der Waals surface area contributed by atoms with E-state index >= 15 is 0 Å². The van der Waals surface area contributed by atoms with Crippen molar-refractivity contribution in [2.45, 2.75) is 13.8 Å². The summed E-state index contributed by atoms with van der Waals surface area (Å²) in [6.45, 7) is 3.71. The van der Waals surface area contributed by atoms with Gasteiger partial charge in [0.15, 0.2) is 0 Å². The average molecular weight is 297 g/mol. The van der Waals surface area contributed by atoms with E-state index in [0.717, 1.165) is 11.4 Å². The van der Waals surface area contributed by atoms with Crippen molar-refractivity contribution in [3.8, 4) is 11.6 Å². The van der Waals surface area contributed by atoms with Gasteiger partial charge in [-0.05, 0) is 26.0 Å². The van der Waals surface area contributed by atoms with Gasteiger partial charge in [-0.25, -0.2) is 9.37 Å². The molecule has 17 heavy (non-hydrogen) atoms. The van der Waals surface area contributed by atoms with Crippen LogP contribution in [0.2, 0.25) is 0 Å². The van der Waals surface area contributed by atoms with Crippen LogP contribution in [0.15, 0.2) is 28.9 Å². The maximum Gasteiger partial charge on any atom is 0.238 e. The summed E-state index contributed by atoms with van der Waals surface area (Å²) in [6, 6.07) is 4.32. The average Bonchev–Trinajstić information content (AvgIpc) is 2.22. The Morgan fingerprint density at radius 1 is 1.18 bits per heavy atom. The lowest BCUT2D eigenvalue weighted by atomic mass is 10.3. The quantitative estimate of drug-likeness (QED) is 0.846. The van der Waals surface area contributed by atoms with E-state index < -0.39 is 0 Å². The second-order valence-corrected chi connectivity index (χ2v) is 4.50. The van der Waals surface area contributed by atoms with Gasteiger partial charge in [0, 0.05) is 10.5 Å². The standard InChI is InChI=1S/C12H10BrFN2O/c1-7-8(2)16-12(6-15-7)17-11-4-9(13)3-10(14)5-11/h3-6H,1-2H3. The van der Waals surface area contributed by atoms with Crippen molar-refractivity contribution in [1.82, 2.24) is 9.97 Å². The molecule has 0 aliphatic carbocycles. The summed E-state index contributed by atoms with van der Waals surface area (Å²) >= 11 is 3.20. The molecule has 0 saturated carbocycles. The summed E-state index contributed by atoms with van der Waals surface area (Å²) in [5.74, 6) is 0.367. The van der Waals surface area contributed by atoms with Gasteiger partial charge in [0.2, 0.25) is 5.88 Å². The molecule has 88 valence electrons. The summed E-state index contributed by atoms with van der Waals surface area (Å²) in [4.78, 5) is 8.33. The fourth-order valence-electron chi connectivity index (χ4n) is 1.28. The van der Waals surface area contributed by atoms with Gasteiger partial charge in [0.05, 0.1) is 17.6 Å². The highest BCUT2D eigenvalue weighted by atomic mass is 79.9. The first-order valence-corrected chi connectivity index (χ1v) is 5.78. The molecule has 0 atom stereocenters. The van der Waals surface area contributed by atoms with E-state index in [1.807, 2.05) is 13.8 Å². The van der Waals surface area contributed by atoms with Gasteiger partial charge < -0.3 is 4.74 Å². The Morgan fingerprint density at radius 3 is 2.59 bits per heavy atom. The van der Waals surface area contributed by atoms with Crippen LogP contribution >= 0.6 is 15.9 Å². The van der Waals surface area contributed by atoms with Gasteiger partial charge in [-0.15, -0.1) is 0 Å². The Hall–Kier alpha value is -1.49. The first-order valence-electron chi connectivity index (χ1n) is 4.99. The van der Waals surface area contributed by atoms with E-state index in [-0.39, 0.29) is 5.82 Å². The molecule has 0 fully saturated rings. The van der Waals surface area contributed by atoms with Crippen molar-refractivity contribution in [1.29, 1.82) is 0 Å². The highest BCUT2D eigenvalue weighted by Crippen LogP contribution is 2.24. The summed E-state index contributed by atoms with van der Waals surface area (Å²) in [7, 11) is 0. The van der Waals surface area contributed by atoms with Gasteiger partial charge in [0.25, 0.3) is 0 Å². The van der Waals surface area contributed by atoms with Gasteiger partial charge in [0.1, 0.15) is 11.6 Å². The highest BCUT2D eigenvalue weighted by molar-refractivity contribution is 9.10. The first kappa shape index (κ1) is 12.0. The van der Waals surface area contributed by atoms with Gasteiger partial charge in [-0.3, -0.25) is 4.98 Å². The molecule has 2 rings (SSSR count). The summed E-state index contributed by atoms with van der Waals surface area (Å²) in [5.41, 5.74) is 1.63. The largest absolute Gasteiger partial charge is 0.437 e. The molecule has 0 unspecified atom stereocenters. The van der Waals surface area contributed by atoms with Crippen molar-refractivity contribution < 1.29 is 9.13 Å². The second-order valence-electron chi connectivity index (χ2n) is 3.59. The Bertz CT molecular complexity index is 540. The predicted octanol–water partition coefficient (Wildman–Crippen LogP) is 3.79. The maximum absolute atomic E-state index is 13.1. The number of aromatic nitrogens is 2. The molecule has 3 nitrogen and oxygen atoms in total. The Kier molecular flexibility index (Phi) is 3.38. The number of rotatable bonds is 2. The fraction of sp³-hybridized carbons (Fsp3) is 0.167. The second kappa shape index (κ2) is 4.79. The molecule has 2 aromatic rings. The lowest BCUT2D eigenvalue weighted by molar-refractivity contribution is 0.453. The number of hydrogen-bond donors (Lipinski definition) is 0. The molecule has 0 aliphatic rings. The number of benzene rings is 1. The highest BCUT2D eigenvalue weighted by Gasteiger charge is 2.04.